The van der Waals surface area contributed by atoms with Crippen molar-refractivity contribution in [3.8, 4) is 0 Å². The van der Waals surface area contributed by atoms with Crippen molar-refractivity contribution >= 4 is 19.8 Å². The molecule has 0 bridgehead atoms. The third kappa shape index (κ3) is 56.8. The van der Waals surface area contributed by atoms with Crippen LogP contribution in [-0.4, -0.2) is 49.3 Å². The van der Waals surface area contributed by atoms with Gasteiger partial charge in [0.05, 0.1) is 13.2 Å². The lowest BCUT2D eigenvalue weighted by molar-refractivity contribution is -0.161. The maximum Gasteiger partial charge on any atom is 0.472 e. The molecule has 0 amide bonds. The number of esters is 2. The first-order valence-electron chi connectivity index (χ1n) is 28.0. The van der Waals surface area contributed by atoms with Crippen LogP contribution in [-0.2, 0) is 32.7 Å². The number of ether oxygens (including phenoxy) is 2. The zero-order valence-corrected chi connectivity index (χ0v) is 46.4. The monoisotopic (exact) mass is 1030 g/mol. The lowest BCUT2D eigenvalue weighted by atomic mass is 10.1. The molecule has 9 nitrogen and oxygen atoms in total. The van der Waals surface area contributed by atoms with E-state index in [9.17, 15) is 19.0 Å². The van der Waals surface area contributed by atoms with Gasteiger partial charge in [-0.25, -0.2) is 4.57 Å². The Morgan fingerprint density at radius 2 is 0.712 bits per heavy atom. The third-order valence-corrected chi connectivity index (χ3v) is 11.9. The number of allylic oxidation sites excluding steroid dienone is 26. The van der Waals surface area contributed by atoms with Crippen molar-refractivity contribution < 1.29 is 37.6 Å². The molecule has 0 rings (SSSR count). The van der Waals surface area contributed by atoms with E-state index >= 15 is 0 Å². The normalized spacial score (nSPS) is 14.3. The molecule has 2 atom stereocenters. The smallest absolute Gasteiger partial charge is 0.462 e. The van der Waals surface area contributed by atoms with Gasteiger partial charge in [-0.2, -0.15) is 0 Å². The Bertz CT molecular complexity index is 1740. The topological polar surface area (TPSA) is 134 Å². The van der Waals surface area contributed by atoms with Crippen LogP contribution in [0, 0.1) is 0 Å². The molecule has 0 saturated carbocycles. The number of rotatable bonds is 50. The first kappa shape index (κ1) is 68.6. The summed E-state index contributed by atoms with van der Waals surface area (Å²) in [5, 5.41) is 0. The van der Waals surface area contributed by atoms with Crippen LogP contribution in [0.5, 0.6) is 0 Å². The number of nitrogens with two attached hydrogens (primary N) is 1. The molecule has 0 aromatic carbocycles. The highest BCUT2D eigenvalue weighted by Crippen LogP contribution is 2.43. The Morgan fingerprint density at radius 1 is 0.411 bits per heavy atom. The van der Waals surface area contributed by atoms with Gasteiger partial charge in [0.15, 0.2) is 6.10 Å². The molecule has 0 aliphatic rings. The summed E-state index contributed by atoms with van der Waals surface area (Å²) >= 11 is 0. The predicted molar refractivity (Wildman–Crippen MR) is 311 cm³/mol. The van der Waals surface area contributed by atoms with Gasteiger partial charge in [0.25, 0.3) is 0 Å². The molecule has 0 aliphatic heterocycles. The summed E-state index contributed by atoms with van der Waals surface area (Å²) in [5.74, 6) is -0.890. The van der Waals surface area contributed by atoms with Gasteiger partial charge in [-0.15, -0.1) is 0 Å². The minimum absolute atomic E-state index is 0.0369. The zero-order valence-electron chi connectivity index (χ0n) is 45.5. The number of hydrogen-bond acceptors (Lipinski definition) is 8. The average molecular weight is 1030 g/mol. The molecule has 3 N–H and O–H groups in total. The second-order valence-electron chi connectivity index (χ2n) is 17.7. The molecule has 0 aliphatic carbocycles. The van der Waals surface area contributed by atoms with Gasteiger partial charge in [-0.1, -0.05) is 217 Å². The second kappa shape index (κ2) is 56.9. The Kier molecular flexibility index (Phi) is 53.5. The second-order valence-corrected chi connectivity index (χ2v) is 19.1. The number of phosphoric ester groups is 1. The van der Waals surface area contributed by atoms with Crippen molar-refractivity contribution in [1.82, 2.24) is 0 Å². The summed E-state index contributed by atoms with van der Waals surface area (Å²) in [6.07, 6.45) is 82.9. The Morgan fingerprint density at radius 3 is 1.07 bits per heavy atom. The van der Waals surface area contributed by atoms with Gasteiger partial charge in [-0.05, 0) is 122 Å². The number of phosphoric acid groups is 1. The van der Waals surface area contributed by atoms with Crippen molar-refractivity contribution in [3.63, 3.8) is 0 Å². The summed E-state index contributed by atoms with van der Waals surface area (Å²) in [7, 11) is -4.41. The number of hydrogen-bond donors (Lipinski definition) is 2. The van der Waals surface area contributed by atoms with Crippen LogP contribution in [0.4, 0.5) is 0 Å². The van der Waals surface area contributed by atoms with E-state index in [1.54, 1.807) is 0 Å². The highest BCUT2D eigenvalue weighted by Gasteiger charge is 2.26. The molecular weight excluding hydrogens is 930 g/mol. The van der Waals surface area contributed by atoms with Gasteiger partial charge < -0.3 is 20.1 Å². The van der Waals surface area contributed by atoms with E-state index in [2.05, 4.69) is 172 Å². The molecule has 410 valence electrons. The maximum atomic E-state index is 12.7. The summed E-state index contributed by atoms with van der Waals surface area (Å²) in [4.78, 5) is 35.2. The molecule has 0 heterocycles. The van der Waals surface area contributed by atoms with Gasteiger partial charge in [0.2, 0.25) is 0 Å². The quantitative estimate of drug-likeness (QED) is 0.0264. The van der Waals surface area contributed by atoms with Crippen molar-refractivity contribution in [2.75, 3.05) is 26.4 Å². The number of carbonyl (C=O) groups is 2. The summed E-state index contributed by atoms with van der Waals surface area (Å²) < 4.78 is 33.0. The third-order valence-electron chi connectivity index (χ3n) is 10.9. The van der Waals surface area contributed by atoms with Crippen molar-refractivity contribution in [1.29, 1.82) is 0 Å². The molecule has 0 radical (unpaired) electrons. The lowest BCUT2D eigenvalue weighted by Gasteiger charge is -2.19. The van der Waals surface area contributed by atoms with Crippen molar-refractivity contribution in [2.24, 2.45) is 5.73 Å². The standard InChI is InChI=1S/C63H100NO8P/c1-3-5-7-9-11-13-15-17-19-21-23-25-26-27-28-29-30-31-32-33-34-36-38-40-42-44-46-48-50-52-54-56-63(66)72-61(60-71-73(67,68)70-58-57-64)59-69-62(65)55-53-51-49-47-45-43-41-39-37-35-24-22-20-18-16-14-12-10-8-6-4-2/h5-8,11-14,17-20,23-25,27-28,30-31,33-35,38,40,44,46,61H,3-4,9-10,15-16,21-22,26,29,32,36-37,39,41-43,45,47-60,64H2,1-2H3,(H,67,68)/b7-5-,8-6-,13-11-,14-12-,19-17-,20-18-,25-23-,28-27-,31-30-,34-33-,35-24-,40-38-,46-44-. The van der Waals surface area contributed by atoms with Gasteiger partial charge in [0.1, 0.15) is 6.61 Å². The van der Waals surface area contributed by atoms with Crippen LogP contribution >= 0.6 is 7.82 Å². The van der Waals surface area contributed by atoms with Gasteiger partial charge in [-0.3, -0.25) is 18.6 Å². The van der Waals surface area contributed by atoms with E-state index in [1.165, 1.54) is 25.7 Å². The molecule has 0 aromatic heterocycles. The first-order valence-corrected chi connectivity index (χ1v) is 29.5. The van der Waals surface area contributed by atoms with E-state index in [0.29, 0.717) is 12.8 Å². The summed E-state index contributed by atoms with van der Waals surface area (Å²) in [6.45, 7) is 3.44. The van der Waals surface area contributed by atoms with Crippen LogP contribution in [0.15, 0.2) is 158 Å². The summed E-state index contributed by atoms with van der Waals surface area (Å²) in [6, 6.07) is 0. The van der Waals surface area contributed by atoms with Crippen molar-refractivity contribution in [3.05, 3.63) is 158 Å². The minimum atomic E-state index is -4.41. The van der Waals surface area contributed by atoms with E-state index in [-0.39, 0.29) is 32.6 Å². The largest absolute Gasteiger partial charge is 0.472 e. The molecule has 73 heavy (non-hydrogen) atoms. The van der Waals surface area contributed by atoms with Crippen LogP contribution in [0.3, 0.4) is 0 Å². The summed E-state index contributed by atoms with van der Waals surface area (Å²) in [5.41, 5.74) is 5.37. The fraction of sp³-hybridized carbons (Fsp3) is 0.556. The Hall–Kier alpha value is -4.37. The van der Waals surface area contributed by atoms with E-state index in [4.69, 9.17) is 24.3 Å². The van der Waals surface area contributed by atoms with Gasteiger partial charge >= 0.3 is 19.8 Å². The van der Waals surface area contributed by atoms with Crippen LogP contribution in [0.1, 0.15) is 194 Å². The molecule has 0 aromatic rings. The van der Waals surface area contributed by atoms with E-state index in [1.807, 2.05) is 0 Å². The fourth-order valence-corrected chi connectivity index (χ4v) is 7.62. The maximum absolute atomic E-state index is 12.7. The lowest BCUT2D eigenvalue weighted by Crippen LogP contribution is -2.29. The van der Waals surface area contributed by atoms with Crippen LogP contribution in [0.25, 0.3) is 0 Å². The zero-order chi connectivity index (χ0) is 53.1. The highest BCUT2D eigenvalue weighted by molar-refractivity contribution is 7.47. The molecular formula is C63H100NO8P. The fourth-order valence-electron chi connectivity index (χ4n) is 6.85. The average Bonchev–Trinajstić information content (AvgIpc) is 3.38. The molecule has 10 heteroatoms. The molecule has 0 saturated heterocycles. The molecule has 2 unspecified atom stereocenters. The molecule has 0 spiro atoms. The van der Waals surface area contributed by atoms with E-state index < -0.39 is 32.5 Å². The predicted octanol–water partition coefficient (Wildman–Crippen LogP) is 17.7. The number of carbonyl (C=O) groups excluding carboxylic acids is 2. The van der Waals surface area contributed by atoms with Crippen LogP contribution in [0.2, 0.25) is 0 Å². The number of unbranched alkanes of at least 4 members (excludes halogenated alkanes) is 11. The minimum Gasteiger partial charge on any atom is -0.462 e. The van der Waals surface area contributed by atoms with Crippen molar-refractivity contribution in [2.45, 2.75) is 200 Å². The SMILES string of the molecule is CC/C=C\C/C=C\C/C=C\C/C=C\C/C=C\C/C=C\C/C=C\C/C=C\C/C=C\CCCCCC(=O)OC(COC(=O)CCCCCCCCCC/C=C\C/C=C\C/C=C\C/C=C\CC)COP(=O)(O)OCCN. The molecule has 0 fully saturated rings. The van der Waals surface area contributed by atoms with E-state index in [0.717, 1.165) is 128 Å². The Labute approximate surface area is 445 Å². The highest BCUT2D eigenvalue weighted by atomic mass is 31.2. The first-order chi connectivity index (χ1) is 35.8. The van der Waals surface area contributed by atoms with Gasteiger partial charge in [0, 0.05) is 19.4 Å². The Balaban J connectivity index is 4.16. The van der Waals surface area contributed by atoms with Crippen LogP contribution < -0.4 is 5.73 Å².